The highest BCUT2D eigenvalue weighted by Crippen LogP contribution is 2.58. The molecule has 1 saturated heterocycles. The number of nitrogens with one attached hydrogen (secondary N) is 2. The van der Waals surface area contributed by atoms with E-state index in [1.807, 2.05) is 42.5 Å². The zero-order valence-electron chi connectivity index (χ0n) is 14.6. The molecule has 4 rings (SSSR count). The molecule has 2 N–H and O–H groups in total. The second kappa shape index (κ2) is 7.99. The van der Waals surface area contributed by atoms with E-state index in [1.165, 1.54) is 0 Å². The molecule has 26 heavy (non-hydrogen) atoms. The molecule has 1 aliphatic heterocycles. The van der Waals surface area contributed by atoms with Crippen LogP contribution in [-0.2, 0) is 4.79 Å². The quantitative estimate of drug-likeness (QED) is 0.813. The van der Waals surface area contributed by atoms with Crippen LogP contribution in [0.15, 0.2) is 54.6 Å². The molecule has 2 aromatic rings. The fourth-order valence-electron chi connectivity index (χ4n) is 4.10. The SMILES string of the molecule is Cl.O=C(NC(c1ccccc1)c1ccc(Cl)cc1)C1CC12CCNCC2. The summed E-state index contributed by atoms with van der Waals surface area (Å²) in [5, 5.41) is 7.40. The number of piperidine rings is 1. The van der Waals surface area contributed by atoms with Gasteiger partial charge in [0.2, 0.25) is 5.91 Å². The molecule has 1 spiro atoms. The number of rotatable bonds is 4. The highest BCUT2D eigenvalue weighted by Gasteiger charge is 2.57. The van der Waals surface area contributed by atoms with Gasteiger partial charge in [0.25, 0.3) is 0 Å². The van der Waals surface area contributed by atoms with Gasteiger partial charge >= 0.3 is 0 Å². The molecule has 1 saturated carbocycles. The summed E-state index contributed by atoms with van der Waals surface area (Å²) in [4.78, 5) is 12.9. The molecule has 1 amide bonds. The molecule has 0 radical (unpaired) electrons. The summed E-state index contributed by atoms with van der Waals surface area (Å²) in [6.07, 6.45) is 3.26. The van der Waals surface area contributed by atoms with Gasteiger partial charge in [-0.05, 0) is 61.0 Å². The topological polar surface area (TPSA) is 41.1 Å². The van der Waals surface area contributed by atoms with Crippen molar-refractivity contribution in [2.75, 3.05) is 13.1 Å². The Hall–Kier alpha value is -1.55. The smallest absolute Gasteiger partial charge is 0.224 e. The van der Waals surface area contributed by atoms with Crippen molar-refractivity contribution in [2.24, 2.45) is 11.3 Å². The number of benzene rings is 2. The molecule has 2 unspecified atom stereocenters. The van der Waals surface area contributed by atoms with Crippen LogP contribution in [0.1, 0.15) is 36.4 Å². The molecule has 3 nitrogen and oxygen atoms in total. The Bertz CT molecular complexity index is 742. The molecule has 2 fully saturated rings. The van der Waals surface area contributed by atoms with Crippen LogP contribution in [0.25, 0.3) is 0 Å². The minimum Gasteiger partial charge on any atom is -0.345 e. The number of carbonyl (C=O) groups is 1. The van der Waals surface area contributed by atoms with Gasteiger partial charge in [-0.15, -0.1) is 12.4 Å². The maximum absolute atomic E-state index is 12.9. The lowest BCUT2D eigenvalue weighted by Gasteiger charge is -2.25. The molecule has 0 aromatic heterocycles. The summed E-state index contributed by atoms with van der Waals surface area (Å²) in [6, 6.07) is 17.8. The highest BCUT2D eigenvalue weighted by atomic mass is 35.5. The Morgan fingerprint density at radius 3 is 2.31 bits per heavy atom. The summed E-state index contributed by atoms with van der Waals surface area (Å²) in [6.45, 7) is 2.06. The van der Waals surface area contributed by atoms with Gasteiger partial charge in [0.15, 0.2) is 0 Å². The average Bonchev–Trinajstić information content (AvgIpc) is 3.35. The van der Waals surface area contributed by atoms with Crippen molar-refractivity contribution in [3.05, 3.63) is 70.7 Å². The highest BCUT2D eigenvalue weighted by molar-refractivity contribution is 6.30. The predicted octanol–water partition coefficient (Wildman–Crippen LogP) is 4.36. The average molecular weight is 391 g/mol. The van der Waals surface area contributed by atoms with E-state index < -0.39 is 0 Å². The Morgan fingerprint density at radius 1 is 1.04 bits per heavy atom. The standard InChI is InChI=1S/C21H23ClN2O.ClH/c22-17-8-6-16(7-9-17)19(15-4-2-1-3-5-15)24-20(25)18-14-21(18)10-12-23-13-11-21;/h1-9,18-19,23H,10-14H2,(H,24,25);1H. The van der Waals surface area contributed by atoms with Crippen LogP contribution >= 0.6 is 24.0 Å². The van der Waals surface area contributed by atoms with E-state index in [9.17, 15) is 4.79 Å². The van der Waals surface area contributed by atoms with Crippen LogP contribution in [-0.4, -0.2) is 19.0 Å². The van der Waals surface area contributed by atoms with E-state index in [2.05, 4.69) is 22.8 Å². The number of amides is 1. The molecule has 5 heteroatoms. The summed E-state index contributed by atoms with van der Waals surface area (Å²) < 4.78 is 0. The van der Waals surface area contributed by atoms with Crippen LogP contribution in [0.2, 0.25) is 5.02 Å². The van der Waals surface area contributed by atoms with Crippen LogP contribution in [0.5, 0.6) is 0 Å². The molecule has 0 bridgehead atoms. The Balaban J connectivity index is 0.00000196. The Kier molecular flexibility index (Phi) is 5.91. The molecule has 138 valence electrons. The Morgan fingerprint density at radius 2 is 1.65 bits per heavy atom. The first-order valence-electron chi connectivity index (χ1n) is 8.99. The van der Waals surface area contributed by atoms with E-state index in [0.29, 0.717) is 5.02 Å². The van der Waals surface area contributed by atoms with E-state index in [-0.39, 0.29) is 35.7 Å². The largest absolute Gasteiger partial charge is 0.345 e. The summed E-state index contributed by atoms with van der Waals surface area (Å²) in [5.74, 6) is 0.346. The second-order valence-corrected chi connectivity index (χ2v) is 7.71. The minimum atomic E-state index is -0.134. The molecule has 2 atom stereocenters. The molecule has 2 aromatic carbocycles. The number of carbonyl (C=O) groups excluding carboxylic acids is 1. The molecule has 1 heterocycles. The fourth-order valence-corrected chi connectivity index (χ4v) is 4.22. The Labute approximate surface area is 165 Å². The lowest BCUT2D eigenvalue weighted by atomic mass is 9.91. The van der Waals surface area contributed by atoms with Crippen molar-refractivity contribution in [1.29, 1.82) is 0 Å². The van der Waals surface area contributed by atoms with Gasteiger partial charge in [-0.2, -0.15) is 0 Å². The van der Waals surface area contributed by atoms with Crippen molar-refractivity contribution in [1.82, 2.24) is 10.6 Å². The first kappa shape index (κ1) is 19.2. The van der Waals surface area contributed by atoms with Crippen molar-refractivity contribution in [3.8, 4) is 0 Å². The first-order chi connectivity index (χ1) is 12.2. The zero-order valence-corrected chi connectivity index (χ0v) is 16.2. The maximum atomic E-state index is 12.9. The lowest BCUT2D eigenvalue weighted by Crippen LogP contribution is -2.35. The van der Waals surface area contributed by atoms with Crippen LogP contribution < -0.4 is 10.6 Å². The van der Waals surface area contributed by atoms with E-state index in [4.69, 9.17) is 11.6 Å². The third kappa shape index (κ3) is 3.90. The van der Waals surface area contributed by atoms with E-state index in [1.54, 1.807) is 0 Å². The number of halogens is 2. The third-order valence-electron chi connectivity index (χ3n) is 5.73. The predicted molar refractivity (Wildman–Crippen MR) is 108 cm³/mol. The van der Waals surface area contributed by atoms with Crippen LogP contribution in [0, 0.1) is 11.3 Å². The van der Waals surface area contributed by atoms with Gasteiger partial charge in [0.05, 0.1) is 6.04 Å². The van der Waals surface area contributed by atoms with Crippen molar-refractivity contribution < 1.29 is 4.79 Å². The van der Waals surface area contributed by atoms with Gasteiger partial charge in [0.1, 0.15) is 0 Å². The summed E-state index contributed by atoms with van der Waals surface area (Å²) >= 11 is 6.03. The van der Waals surface area contributed by atoms with Gasteiger partial charge in [-0.3, -0.25) is 4.79 Å². The maximum Gasteiger partial charge on any atom is 0.224 e. The molecular formula is C21H24Cl2N2O. The fraction of sp³-hybridized carbons (Fsp3) is 0.381. The van der Waals surface area contributed by atoms with Gasteiger partial charge < -0.3 is 10.6 Å². The number of hydrogen-bond acceptors (Lipinski definition) is 2. The zero-order chi connectivity index (χ0) is 17.3. The normalized spacial score (nSPS) is 21.5. The molecule has 1 aliphatic carbocycles. The summed E-state index contributed by atoms with van der Waals surface area (Å²) in [5.41, 5.74) is 2.40. The van der Waals surface area contributed by atoms with Crippen molar-refractivity contribution in [3.63, 3.8) is 0 Å². The van der Waals surface area contributed by atoms with Crippen molar-refractivity contribution >= 4 is 29.9 Å². The number of hydrogen-bond donors (Lipinski definition) is 2. The second-order valence-electron chi connectivity index (χ2n) is 7.27. The monoisotopic (exact) mass is 390 g/mol. The van der Waals surface area contributed by atoms with Gasteiger partial charge in [-0.1, -0.05) is 54.1 Å². The van der Waals surface area contributed by atoms with E-state index in [0.717, 1.165) is 43.5 Å². The minimum absolute atomic E-state index is 0. The molecular weight excluding hydrogens is 367 g/mol. The van der Waals surface area contributed by atoms with Gasteiger partial charge in [-0.25, -0.2) is 0 Å². The van der Waals surface area contributed by atoms with E-state index >= 15 is 0 Å². The first-order valence-corrected chi connectivity index (χ1v) is 9.37. The molecule has 2 aliphatic rings. The lowest BCUT2D eigenvalue weighted by molar-refractivity contribution is -0.123. The summed E-state index contributed by atoms with van der Waals surface area (Å²) in [7, 11) is 0. The van der Waals surface area contributed by atoms with Crippen molar-refractivity contribution in [2.45, 2.75) is 25.3 Å². The van der Waals surface area contributed by atoms with Crippen LogP contribution in [0.4, 0.5) is 0 Å². The third-order valence-corrected chi connectivity index (χ3v) is 5.98. The van der Waals surface area contributed by atoms with Crippen LogP contribution in [0.3, 0.4) is 0 Å². The van der Waals surface area contributed by atoms with Gasteiger partial charge in [0, 0.05) is 10.9 Å².